The first kappa shape index (κ1) is 13.5. The van der Waals surface area contributed by atoms with Crippen LogP contribution in [0.5, 0.6) is 0 Å². The molecule has 2 aromatic rings. The summed E-state index contributed by atoms with van der Waals surface area (Å²) in [6.07, 6.45) is 1.64. The van der Waals surface area contributed by atoms with Crippen LogP contribution in [0.4, 0.5) is 5.69 Å². The molecule has 98 valence electrons. The van der Waals surface area contributed by atoms with Gasteiger partial charge in [0, 0.05) is 28.4 Å². The SMILES string of the molecule is Cc1ccn(Cc2ccc(Br)cc2[N+](=O)[O-])c(=O)c1. The number of nitro benzene ring substituents is 1. The predicted octanol–water partition coefficient (Wildman–Crippen LogP) is 2.88. The number of hydrogen-bond donors (Lipinski definition) is 0. The number of nitrogens with zero attached hydrogens (tertiary/aromatic N) is 2. The molecule has 0 unspecified atom stereocenters. The molecule has 1 heterocycles. The Hall–Kier alpha value is -1.95. The van der Waals surface area contributed by atoms with Crippen molar-refractivity contribution in [3.8, 4) is 0 Å². The van der Waals surface area contributed by atoms with Crippen molar-refractivity contribution in [2.75, 3.05) is 0 Å². The molecule has 5 nitrogen and oxygen atoms in total. The van der Waals surface area contributed by atoms with Gasteiger partial charge in [0.25, 0.3) is 11.2 Å². The van der Waals surface area contributed by atoms with E-state index in [0.29, 0.717) is 10.0 Å². The molecular weight excluding hydrogens is 312 g/mol. The summed E-state index contributed by atoms with van der Waals surface area (Å²) in [7, 11) is 0. The van der Waals surface area contributed by atoms with Gasteiger partial charge in [0.1, 0.15) is 0 Å². The summed E-state index contributed by atoms with van der Waals surface area (Å²) in [5, 5.41) is 11.0. The van der Waals surface area contributed by atoms with Gasteiger partial charge in [-0.15, -0.1) is 0 Å². The smallest absolute Gasteiger partial charge is 0.275 e. The number of nitro groups is 1. The summed E-state index contributed by atoms with van der Waals surface area (Å²) in [5.41, 5.74) is 1.20. The predicted molar refractivity (Wildman–Crippen MR) is 75.3 cm³/mol. The van der Waals surface area contributed by atoms with E-state index < -0.39 is 4.92 Å². The van der Waals surface area contributed by atoms with Crippen LogP contribution < -0.4 is 5.56 Å². The minimum atomic E-state index is -0.445. The van der Waals surface area contributed by atoms with Crippen molar-refractivity contribution in [3.63, 3.8) is 0 Å². The van der Waals surface area contributed by atoms with E-state index in [-0.39, 0.29) is 17.8 Å². The molecule has 19 heavy (non-hydrogen) atoms. The number of benzene rings is 1. The second kappa shape index (κ2) is 5.36. The molecule has 0 N–H and O–H groups in total. The summed E-state index contributed by atoms with van der Waals surface area (Å²) in [4.78, 5) is 22.3. The van der Waals surface area contributed by atoms with Gasteiger partial charge in [0.15, 0.2) is 0 Å². The van der Waals surface area contributed by atoms with Gasteiger partial charge < -0.3 is 4.57 Å². The first-order valence-corrected chi connectivity index (χ1v) is 6.36. The van der Waals surface area contributed by atoms with Gasteiger partial charge in [-0.3, -0.25) is 14.9 Å². The van der Waals surface area contributed by atoms with Gasteiger partial charge in [-0.1, -0.05) is 15.9 Å². The Labute approximate surface area is 117 Å². The number of pyridine rings is 1. The van der Waals surface area contributed by atoms with Crippen LogP contribution >= 0.6 is 15.9 Å². The minimum Gasteiger partial charge on any atom is -0.311 e. The lowest BCUT2D eigenvalue weighted by Crippen LogP contribution is -2.19. The van der Waals surface area contributed by atoms with Gasteiger partial charge >= 0.3 is 0 Å². The van der Waals surface area contributed by atoms with Crippen LogP contribution in [0.3, 0.4) is 0 Å². The molecule has 0 atom stereocenters. The van der Waals surface area contributed by atoms with E-state index in [2.05, 4.69) is 15.9 Å². The largest absolute Gasteiger partial charge is 0.311 e. The molecule has 0 spiro atoms. The molecule has 0 aliphatic heterocycles. The van der Waals surface area contributed by atoms with Crippen LogP contribution in [-0.2, 0) is 6.54 Å². The fourth-order valence-corrected chi connectivity index (χ4v) is 2.11. The maximum Gasteiger partial charge on any atom is 0.275 e. The molecule has 0 saturated heterocycles. The Balaban J connectivity index is 2.43. The van der Waals surface area contributed by atoms with Crippen molar-refractivity contribution in [1.29, 1.82) is 0 Å². The molecule has 1 aromatic heterocycles. The zero-order valence-corrected chi connectivity index (χ0v) is 11.8. The van der Waals surface area contributed by atoms with E-state index in [1.54, 1.807) is 24.4 Å². The third kappa shape index (κ3) is 3.08. The second-order valence-corrected chi connectivity index (χ2v) is 5.12. The van der Waals surface area contributed by atoms with Gasteiger partial charge in [0.2, 0.25) is 0 Å². The minimum absolute atomic E-state index is 0.00171. The third-order valence-corrected chi connectivity index (χ3v) is 3.23. The maximum absolute atomic E-state index is 11.8. The van der Waals surface area contributed by atoms with Gasteiger partial charge in [0.05, 0.1) is 11.5 Å². The van der Waals surface area contributed by atoms with E-state index in [1.807, 2.05) is 6.92 Å². The van der Waals surface area contributed by atoms with Crippen molar-refractivity contribution in [2.45, 2.75) is 13.5 Å². The Bertz CT molecular complexity index is 695. The van der Waals surface area contributed by atoms with Crippen LogP contribution in [0.2, 0.25) is 0 Å². The highest BCUT2D eigenvalue weighted by molar-refractivity contribution is 9.10. The fraction of sp³-hybridized carbons (Fsp3) is 0.154. The first-order chi connectivity index (χ1) is 8.97. The summed E-state index contributed by atoms with van der Waals surface area (Å²) < 4.78 is 2.09. The maximum atomic E-state index is 11.8. The van der Waals surface area contributed by atoms with Crippen molar-refractivity contribution in [2.24, 2.45) is 0 Å². The monoisotopic (exact) mass is 322 g/mol. The molecule has 6 heteroatoms. The summed E-state index contributed by atoms with van der Waals surface area (Å²) in [6.45, 7) is 2.01. The van der Waals surface area contributed by atoms with Gasteiger partial charge in [-0.05, 0) is 30.7 Å². The van der Waals surface area contributed by atoms with Crippen LogP contribution in [0.1, 0.15) is 11.1 Å². The van der Waals surface area contributed by atoms with Crippen molar-refractivity contribution in [3.05, 3.63) is 72.6 Å². The Kier molecular flexibility index (Phi) is 3.80. The van der Waals surface area contributed by atoms with Crippen molar-refractivity contribution < 1.29 is 4.92 Å². The summed E-state index contributed by atoms with van der Waals surface area (Å²) in [5.74, 6) is 0. The normalized spacial score (nSPS) is 10.4. The standard InChI is InChI=1S/C13H11BrN2O3/c1-9-4-5-15(13(17)6-9)8-10-2-3-11(14)7-12(10)16(18)19/h2-7H,8H2,1H3. The third-order valence-electron chi connectivity index (χ3n) is 2.74. The second-order valence-electron chi connectivity index (χ2n) is 4.20. The number of halogens is 1. The zero-order valence-electron chi connectivity index (χ0n) is 10.2. The number of aromatic nitrogens is 1. The fourth-order valence-electron chi connectivity index (χ4n) is 1.76. The van der Waals surface area contributed by atoms with Crippen LogP contribution in [-0.4, -0.2) is 9.49 Å². The highest BCUT2D eigenvalue weighted by Gasteiger charge is 2.14. The quantitative estimate of drug-likeness (QED) is 0.644. The number of aryl methyl sites for hydroxylation is 1. The van der Waals surface area contributed by atoms with Crippen LogP contribution in [0.25, 0.3) is 0 Å². The van der Waals surface area contributed by atoms with E-state index in [9.17, 15) is 14.9 Å². The lowest BCUT2D eigenvalue weighted by atomic mass is 10.1. The molecule has 1 aromatic carbocycles. The van der Waals surface area contributed by atoms with Gasteiger partial charge in [-0.25, -0.2) is 0 Å². The lowest BCUT2D eigenvalue weighted by Gasteiger charge is -2.07. The number of rotatable bonds is 3. The summed E-state index contributed by atoms with van der Waals surface area (Å²) in [6, 6.07) is 8.11. The molecule has 0 bridgehead atoms. The molecule has 0 aliphatic carbocycles. The molecule has 0 amide bonds. The van der Waals surface area contributed by atoms with Crippen molar-refractivity contribution in [1.82, 2.24) is 4.57 Å². The average molecular weight is 323 g/mol. The van der Waals surface area contributed by atoms with E-state index in [1.165, 1.54) is 16.7 Å². The van der Waals surface area contributed by atoms with Gasteiger partial charge in [-0.2, -0.15) is 0 Å². The number of hydrogen-bond acceptors (Lipinski definition) is 3. The lowest BCUT2D eigenvalue weighted by molar-refractivity contribution is -0.385. The highest BCUT2D eigenvalue weighted by atomic mass is 79.9. The Morgan fingerprint density at radius 3 is 2.68 bits per heavy atom. The van der Waals surface area contributed by atoms with E-state index in [0.717, 1.165) is 5.56 Å². The highest BCUT2D eigenvalue weighted by Crippen LogP contribution is 2.23. The molecule has 0 aliphatic rings. The van der Waals surface area contributed by atoms with E-state index >= 15 is 0 Å². The van der Waals surface area contributed by atoms with E-state index in [4.69, 9.17) is 0 Å². The molecule has 0 fully saturated rings. The average Bonchev–Trinajstić information content (AvgIpc) is 2.34. The van der Waals surface area contributed by atoms with Crippen LogP contribution in [0, 0.1) is 17.0 Å². The summed E-state index contributed by atoms with van der Waals surface area (Å²) >= 11 is 3.20. The zero-order chi connectivity index (χ0) is 14.0. The topological polar surface area (TPSA) is 65.1 Å². The molecule has 2 rings (SSSR count). The molecule has 0 radical (unpaired) electrons. The van der Waals surface area contributed by atoms with Crippen molar-refractivity contribution >= 4 is 21.6 Å². The Morgan fingerprint density at radius 2 is 2.05 bits per heavy atom. The first-order valence-electron chi connectivity index (χ1n) is 5.57. The Morgan fingerprint density at radius 1 is 1.32 bits per heavy atom. The molecular formula is C13H11BrN2O3. The molecule has 0 saturated carbocycles. The van der Waals surface area contributed by atoms with Crippen LogP contribution in [0.15, 0.2) is 45.8 Å².